The second kappa shape index (κ2) is 4.70. The standard InChI is InChI=1S/C16H30/c1-12-8-5-6-9-14-10-7-11-16(3,4)13(2)15(12)14/h12-15H,5-11H2,1-4H3. The van der Waals surface area contributed by atoms with Crippen LogP contribution in [0.3, 0.4) is 0 Å². The third kappa shape index (κ3) is 2.31. The molecule has 2 saturated carbocycles. The Balaban J connectivity index is 2.22. The highest BCUT2D eigenvalue weighted by atomic mass is 14.5. The van der Waals surface area contributed by atoms with E-state index in [1.807, 2.05) is 0 Å². The van der Waals surface area contributed by atoms with Gasteiger partial charge in [-0.1, -0.05) is 66.2 Å². The van der Waals surface area contributed by atoms with Gasteiger partial charge in [-0.15, -0.1) is 0 Å². The van der Waals surface area contributed by atoms with Crippen LogP contribution >= 0.6 is 0 Å². The number of hydrogen-bond donors (Lipinski definition) is 0. The van der Waals surface area contributed by atoms with Crippen LogP contribution in [0.25, 0.3) is 0 Å². The van der Waals surface area contributed by atoms with E-state index in [2.05, 4.69) is 27.7 Å². The van der Waals surface area contributed by atoms with E-state index in [1.165, 1.54) is 44.9 Å². The van der Waals surface area contributed by atoms with Crippen molar-refractivity contribution in [2.24, 2.45) is 29.1 Å². The minimum absolute atomic E-state index is 0.581. The fourth-order valence-corrected chi connectivity index (χ4v) is 4.53. The molecule has 16 heavy (non-hydrogen) atoms. The van der Waals surface area contributed by atoms with Gasteiger partial charge in [0, 0.05) is 0 Å². The van der Waals surface area contributed by atoms with E-state index >= 15 is 0 Å². The predicted molar refractivity (Wildman–Crippen MR) is 71.4 cm³/mol. The molecule has 0 aromatic rings. The molecule has 0 radical (unpaired) electrons. The Morgan fingerprint density at radius 3 is 2.25 bits per heavy atom. The van der Waals surface area contributed by atoms with Crippen molar-refractivity contribution in [2.75, 3.05) is 0 Å². The molecular formula is C16H30. The topological polar surface area (TPSA) is 0 Å². The lowest BCUT2D eigenvalue weighted by Gasteiger charge is -2.40. The molecule has 0 nitrogen and oxygen atoms in total. The molecule has 0 saturated heterocycles. The third-order valence-corrected chi connectivity index (χ3v) is 5.89. The van der Waals surface area contributed by atoms with Gasteiger partial charge in [0.25, 0.3) is 0 Å². The normalized spacial score (nSPS) is 44.2. The van der Waals surface area contributed by atoms with Crippen molar-refractivity contribution in [3.8, 4) is 0 Å². The van der Waals surface area contributed by atoms with E-state index in [9.17, 15) is 0 Å². The lowest BCUT2D eigenvalue weighted by molar-refractivity contribution is 0.0878. The summed E-state index contributed by atoms with van der Waals surface area (Å²) < 4.78 is 0. The van der Waals surface area contributed by atoms with Crippen molar-refractivity contribution in [1.82, 2.24) is 0 Å². The average Bonchev–Trinajstić information content (AvgIpc) is 2.44. The first kappa shape index (κ1) is 12.5. The van der Waals surface area contributed by atoms with Gasteiger partial charge >= 0.3 is 0 Å². The summed E-state index contributed by atoms with van der Waals surface area (Å²) in [5, 5.41) is 0. The molecular weight excluding hydrogens is 192 g/mol. The van der Waals surface area contributed by atoms with Crippen molar-refractivity contribution in [3.63, 3.8) is 0 Å². The SMILES string of the molecule is CC1CCCCC2CCCC(C)(C)C(C)C12. The van der Waals surface area contributed by atoms with Gasteiger partial charge in [0.2, 0.25) is 0 Å². The molecule has 4 unspecified atom stereocenters. The summed E-state index contributed by atoms with van der Waals surface area (Å²) in [5.41, 5.74) is 0.581. The Kier molecular flexibility index (Phi) is 3.66. The van der Waals surface area contributed by atoms with Gasteiger partial charge in [0.15, 0.2) is 0 Å². The smallest absolute Gasteiger partial charge is 0.0326 e. The third-order valence-electron chi connectivity index (χ3n) is 5.89. The zero-order chi connectivity index (χ0) is 11.8. The van der Waals surface area contributed by atoms with Crippen LogP contribution in [0.1, 0.15) is 72.6 Å². The minimum atomic E-state index is 0.581. The first-order chi connectivity index (χ1) is 7.52. The van der Waals surface area contributed by atoms with Crippen LogP contribution in [0, 0.1) is 29.1 Å². The van der Waals surface area contributed by atoms with Gasteiger partial charge in [-0.05, 0) is 35.5 Å². The van der Waals surface area contributed by atoms with Crippen molar-refractivity contribution < 1.29 is 0 Å². The van der Waals surface area contributed by atoms with Crippen LogP contribution in [0.15, 0.2) is 0 Å². The molecule has 0 heteroatoms. The van der Waals surface area contributed by atoms with Gasteiger partial charge < -0.3 is 0 Å². The van der Waals surface area contributed by atoms with Gasteiger partial charge in [-0.3, -0.25) is 0 Å². The van der Waals surface area contributed by atoms with Crippen LogP contribution in [0.5, 0.6) is 0 Å². The summed E-state index contributed by atoms with van der Waals surface area (Å²) in [5.74, 6) is 3.96. The van der Waals surface area contributed by atoms with Crippen molar-refractivity contribution in [2.45, 2.75) is 72.6 Å². The predicted octanol–water partition coefficient (Wildman–Crippen LogP) is 5.28. The molecule has 2 aliphatic carbocycles. The Bertz CT molecular complexity index is 228. The van der Waals surface area contributed by atoms with Crippen LogP contribution in [0.4, 0.5) is 0 Å². The number of rotatable bonds is 0. The maximum Gasteiger partial charge on any atom is -0.0326 e. The molecule has 2 fully saturated rings. The lowest BCUT2D eigenvalue weighted by Crippen LogP contribution is -2.33. The summed E-state index contributed by atoms with van der Waals surface area (Å²) in [7, 11) is 0. The van der Waals surface area contributed by atoms with E-state index in [0.717, 1.165) is 23.7 Å². The number of hydrogen-bond acceptors (Lipinski definition) is 0. The van der Waals surface area contributed by atoms with E-state index in [-0.39, 0.29) is 0 Å². The average molecular weight is 222 g/mol. The molecule has 0 bridgehead atoms. The number of fused-ring (bicyclic) bond motifs is 1. The monoisotopic (exact) mass is 222 g/mol. The minimum Gasteiger partial charge on any atom is -0.0622 e. The molecule has 2 aliphatic rings. The second-order valence-corrected chi connectivity index (χ2v) is 7.27. The Morgan fingerprint density at radius 2 is 1.50 bits per heavy atom. The second-order valence-electron chi connectivity index (χ2n) is 7.27. The van der Waals surface area contributed by atoms with Gasteiger partial charge in [-0.25, -0.2) is 0 Å². The van der Waals surface area contributed by atoms with Gasteiger partial charge in [0.1, 0.15) is 0 Å². The summed E-state index contributed by atoms with van der Waals surface area (Å²) >= 11 is 0. The highest BCUT2D eigenvalue weighted by Gasteiger charge is 2.41. The molecule has 0 heterocycles. The molecule has 0 N–H and O–H groups in total. The maximum absolute atomic E-state index is 2.55. The quantitative estimate of drug-likeness (QED) is 0.523. The highest BCUT2D eigenvalue weighted by molar-refractivity contribution is 4.91. The van der Waals surface area contributed by atoms with Gasteiger partial charge in [0.05, 0.1) is 0 Å². The zero-order valence-corrected chi connectivity index (χ0v) is 11.8. The fraction of sp³-hybridized carbons (Fsp3) is 1.00. The van der Waals surface area contributed by atoms with E-state index in [0.29, 0.717) is 5.41 Å². The fourth-order valence-electron chi connectivity index (χ4n) is 4.53. The summed E-state index contributed by atoms with van der Waals surface area (Å²) in [6.07, 6.45) is 10.4. The first-order valence-electron chi connectivity index (χ1n) is 7.52. The molecule has 2 rings (SSSR count). The summed E-state index contributed by atoms with van der Waals surface area (Å²) in [4.78, 5) is 0. The Labute approximate surface area is 102 Å². The van der Waals surface area contributed by atoms with Crippen molar-refractivity contribution >= 4 is 0 Å². The zero-order valence-electron chi connectivity index (χ0n) is 11.8. The van der Waals surface area contributed by atoms with Crippen molar-refractivity contribution in [1.29, 1.82) is 0 Å². The molecule has 0 aromatic carbocycles. The Hall–Kier alpha value is 0. The maximum atomic E-state index is 2.55. The van der Waals surface area contributed by atoms with Crippen LogP contribution in [0.2, 0.25) is 0 Å². The largest absolute Gasteiger partial charge is 0.0622 e. The summed E-state index contributed by atoms with van der Waals surface area (Å²) in [6.45, 7) is 10.1. The van der Waals surface area contributed by atoms with Gasteiger partial charge in [-0.2, -0.15) is 0 Å². The molecule has 4 atom stereocenters. The molecule has 0 amide bonds. The lowest BCUT2D eigenvalue weighted by atomic mass is 9.65. The summed E-state index contributed by atoms with van der Waals surface area (Å²) in [6, 6.07) is 0. The first-order valence-corrected chi connectivity index (χ1v) is 7.52. The van der Waals surface area contributed by atoms with Crippen LogP contribution < -0.4 is 0 Å². The van der Waals surface area contributed by atoms with E-state index in [1.54, 1.807) is 0 Å². The van der Waals surface area contributed by atoms with E-state index in [4.69, 9.17) is 0 Å². The highest BCUT2D eigenvalue weighted by Crippen LogP contribution is 2.50. The molecule has 0 aromatic heterocycles. The molecule has 0 aliphatic heterocycles. The van der Waals surface area contributed by atoms with Crippen LogP contribution in [-0.4, -0.2) is 0 Å². The van der Waals surface area contributed by atoms with E-state index < -0.39 is 0 Å². The molecule has 0 spiro atoms. The molecule has 94 valence electrons. The van der Waals surface area contributed by atoms with Crippen LogP contribution in [-0.2, 0) is 0 Å². The van der Waals surface area contributed by atoms with Crippen molar-refractivity contribution in [3.05, 3.63) is 0 Å². The Morgan fingerprint density at radius 1 is 0.875 bits per heavy atom.